The Labute approximate surface area is 148 Å². The van der Waals surface area contributed by atoms with Gasteiger partial charge in [-0.25, -0.2) is 0 Å². The van der Waals surface area contributed by atoms with Crippen LogP contribution in [0.1, 0.15) is 39.7 Å². The van der Waals surface area contributed by atoms with Gasteiger partial charge in [0.25, 0.3) is 0 Å². The van der Waals surface area contributed by atoms with Crippen molar-refractivity contribution in [3.05, 3.63) is 29.8 Å². The predicted molar refractivity (Wildman–Crippen MR) is 98.6 cm³/mol. The average Bonchev–Trinajstić information content (AvgIpc) is 2.48. The molecular formula is C15H27O5S2Si-. The molecule has 0 saturated carbocycles. The molecule has 1 aromatic rings. The first-order chi connectivity index (χ1) is 11.0. The van der Waals surface area contributed by atoms with Crippen molar-refractivity contribution >= 4 is 35.8 Å². The molecule has 1 unspecified atom stereocenters. The SMILES string of the molecule is CCCc1cccc([Si](OCC)(OCC)OCC)c1.O=S([O-])S. The van der Waals surface area contributed by atoms with E-state index in [1.54, 1.807) is 0 Å². The maximum Gasteiger partial charge on any atom is 0.537 e. The molecule has 0 heterocycles. The molecular weight excluding hydrogens is 352 g/mol. The molecule has 1 rings (SSSR count). The smallest absolute Gasteiger partial charge is 0.537 e. The highest BCUT2D eigenvalue weighted by Crippen LogP contribution is 2.13. The third-order valence-corrected chi connectivity index (χ3v) is 5.85. The van der Waals surface area contributed by atoms with E-state index >= 15 is 0 Å². The lowest BCUT2D eigenvalue weighted by Crippen LogP contribution is -2.57. The zero-order valence-corrected chi connectivity index (χ0v) is 17.0. The van der Waals surface area contributed by atoms with E-state index in [1.165, 1.54) is 5.56 Å². The van der Waals surface area contributed by atoms with Crippen LogP contribution in [0.2, 0.25) is 0 Å². The first-order valence-corrected chi connectivity index (χ1v) is 11.6. The van der Waals surface area contributed by atoms with Crippen molar-refractivity contribution in [3.8, 4) is 0 Å². The van der Waals surface area contributed by atoms with Gasteiger partial charge in [0.2, 0.25) is 0 Å². The highest BCUT2D eigenvalue weighted by atomic mass is 33.1. The lowest BCUT2D eigenvalue weighted by atomic mass is 10.1. The molecule has 0 saturated heterocycles. The van der Waals surface area contributed by atoms with Crippen LogP contribution < -0.4 is 5.19 Å². The van der Waals surface area contributed by atoms with Gasteiger partial charge in [-0.3, -0.25) is 4.21 Å². The van der Waals surface area contributed by atoms with Crippen LogP contribution in [0.3, 0.4) is 0 Å². The van der Waals surface area contributed by atoms with E-state index in [9.17, 15) is 0 Å². The van der Waals surface area contributed by atoms with Crippen molar-refractivity contribution in [1.29, 1.82) is 0 Å². The standard InChI is InChI=1S/C15H26O3Si.H2O2S2/c1-5-10-14-11-9-12-15(13-14)19(16-6-2,17-7-3)18-8-4;1-4(2)3/h9,11-13H,5-8,10H2,1-4H3;(H2,1,2,3)/p-1. The summed E-state index contributed by atoms with van der Waals surface area (Å²) in [5, 5.41) is 1.07. The van der Waals surface area contributed by atoms with Crippen LogP contribution in [-0.4, -0.2) is 37.4 Å². The quantitative estimate of drug-likeness (QED) is 0.309. The normalized spacial score (nSPS) is 12.4. The lowest BCUT2D eigenvalue weighted by Gasteiger charge is -2.28. The second kappa shape index (κ2) is 13.1. The maximum absolute atomic E-state index is 8.86. The topological polar surface area (TPSA) is 67.8 Å². The van der Waals surface area contributed by atoms with Crippen molar-refractivity contribution in [2.24, 2.45) is 0 Å². The van der Waals surface area contributed by atoms with Gasteiger partial charge < -0.3 is 17.8 Å². The molecule has 0 aromatic heterocycles. The average molecular weight is 380 g/mol. The summed E-state index contributed by atoms with van der Waals surface area (Å²) < 4.78 is 35.5. The molecule has 0 N–H and O–H groups in total. The molecule has 5 nitrogen and oxygen atoms in total. The molecule has 0 bridgehead atoms. The van der Waals surface area contributed by atoms with Crippen molar-refractivity contribution < 1.29 is 22.0 Å². The molecule has 0 radical (unpaired) electrons. The molecule has 134 valence electrons. The number of aryl methyl sites for hydroxylation is 1. The van der Waals surface area contributed by atoms with Gasteiger partial charge in [-0.05, 0) is 32.8 Å². The molecule has 23 heavy (non-hydrogen) atoms. The summed E-state index contributed by atoms with van der Waals surface area (Å²) in [5.74, 6) is 0. The third-order valence-electron chi connectivity index (χ3n) is 2.82. The molecule has 0 aliphatic carbocycles. The van der Waals surface area contributed by atoms with Crippen molar-refractivity contribution in [3.63, 3.8) is 0 Å². The summed E-state index contributed by atoms with van der Waals surface area (Å²) in [6, 6.07) is 8.46. The van der Waals surface area contributed by atoms with E-state index in [0.717, 1.165) is 18.0 Å². The van der Waals surface area contributed by atoms with E-state index in [2.05, 4.69) is 42.9 Å². The Morgan fingerprint density at radius 2 is 1.57 bits per heavy atom. The third kappa shape index (κ3) is 8.99. The number of hydrogen-bond donors (Lipinski definition) is 1. The van der Waals surface area contributed by atoms with Crippen molar-refractivity contribution in [1.82, 2.24) is 0 Å². The van der Waals surface area contributed by atoms with Gasteiger partial charge in [0.05, 0.1) is 0 Å². The van der Waals surface area contributed by atoms with E-state index < -0.39 is 18.9 Å². The fourth-order valence-electron chi connectivity index (χ4n) is 2.15. The molecule has 1 aromatic carbocycles. The monoisotopic (exact) mass is 379 g/mol. The minimum Gasteiger partial charge on any atom is -0.764 e. The fraction of sp³-hybridized carbons (Fsp3) is 0.600. The van der Waals surface area contributed by atoms with Crippen molar-refractivity contribution in [2.45, 2.75) is 40.5 Å². The number of thiol groups is 1. The summed E-state index contributed by atoms with van der Waals surface area (Å²) in [7, 11) is -4.90. The lowest BCUT2D eigenvalue weighted by molar-refractivity contribution is 0.0859. The summed E-state index contributed by atoms with van der Waals surface area (Å²) in [5.41, 5.74) is 1.32. The van der Waals surface area contributed by atoms with Crippen LogP contribution >= 0.6 is 11.7 Å². The Morgan fingerprint density at radius 3 is 1.96 bits per heavy atom. The minimum absolute atomic E-state index is 0.601. The Balaban J connectivity index is 0.00000108. The largest absolute Gasteiger partial charge is 0.764 e. The zero-order chi connectivity index (χ0) is 17.7. The number of hydrogen-bond acceptors (Lipinski definition) is 5. The first-order valence-electron chi connectivity index (χ1n) is 7.75. The Bertz CT molecular complexity index is 438. The summed E-state index contributed by atoms with van der Waals surface area (Å²) in [6.07, 6.45) is 2.21. The Hall–Kier alpha value is -0.223. The van der Waals surface area contributed by atoms with Gasteiger partial charge in [-0.2, -0.15) is 0 Å². The maximum atomic E-state index is 8.86. The Morgan fingerprint density at radius 1 is 1.09 bits per heavy atom. The first kappa shape index (κ1) is 22.8. The molecule has 0 amide bonds. The van der Waals surface area contributed by atoms with Gasteiger partial charge in [-0.15, -0.1) is 0 Å². The zero-order valence-electron chi connectivity index (χ0n) is 14.2. The van der Waals surface area contributed by atoms with Crippen LogP contribution in [-0.2, 0) is 29.8 Å². The summed E-state index contributed by atoms with van der Waals surface area (Å²) >= 11 is 2.88. The predicted octanol–water partition coefficient (Wildman–Crippen LogP) is 2.60. The van der Waals surface area contributed by atoms with Crippen LogP contribution in [0.5, 0.6) is 0 Å². The van der Waals surface area contributed by atoms with Crippen LogP contribution in [0, 0.1) is 0 Å². The summed E-state index contributed by atoms with van der Waals surface area (Å²) in [6.45, 7) is 9.94. The summed E-state index contributed by atoms with van der Waals surface area (Å²) in [4.78, 5) is 0. The molecule has 1 atom stereocenters. The van der Waals surface area contributed by atoms with Gasteiger partial charge in [0, 0.05) is 35.1 Å². The number of rotatable bonds is 9. The van der Waals surface area contributed by atoms with Crippen molar-refractivity contribution in [2.75, 3.05) is 19.8 Å². The molecule has 0 spiro atoms. The highest BCUT2D eigenvalue weighted by Gasteiger charge is 2.43. The van der Waals surface area contributed by atoms with Gasteiger partial charge >= 0.3 is 8.80 Å². The minimum atomic E-state index is -2.73. The molecule has 0 aliphatic heterocycles. The van der Waals surface area contributed by atoms with Crippen LogP contribution in [0.4, 0.5) is 0 Å². The van der Waals surface area contributed by atoms with Gasteiger partial charge in [-0.1, -0.05) is 49.3 Å². The molecule has 8 heteroatoms. The van der Waals surface area contributed by atoms with Gasteiger partial charge in [0.15, 0.2) is 0 Å². The fourth-order valence-corrected chi connectivity index (χ4v) is 4.70. The number of benzene rings is 1. The van der Waals surface area contributed by atoms with E-state index in [4.69, 9.17) is 22.0 Å². The second-order valence-electron chi connectivity index (χ2n) is 4.52. The van der Waals surface area contributed by atoms with Gasteiger partial charge in [0.1, 0.15) is 0 Å². The van der Waals surface area contributed by atoms with Crippen LogP contribution in [0.15, 0.2) is 24.3 Å². The van der Waals surface area contributed by atoms with E-state index in [0.29, 0.717) is 19.8 Å². The molecule has 0 aliphatic rings. The highest BCUT2D eigenvalue weighted by molar-refractivity contribution is 8.57. The van der Waals surface area contributed by atoms with E-state index in [-0.39, 0.29) is 0 Å². The molecule has 0 fully saturated rings. The van der Waals surface area contributed by atoms with Crippen LogP contribution in [0.25, 0.3) is 0 Å². The Kier molecular flexibility index (Phi) is 13.0. The second-order valence-corrected chi connectivity index (χ2v) is 8.41. The van der Waals surface area contributed by atoms with E-state index in [1.807, 2.05) is 20.8 Å².